The lowest BCUT2D eigenvalue weighted by Crippen LogP contribution is -2.39. The van der Waals surface area contributed by atoms with Crippen LogP contribution in [0.2, 0.25) is 5.02 Å². The van der Waals surface area contributed by atoms with Gasteiger partial charge in [-0.1, -0.05) is 11.6 Å². The summed E-state index contributed by atoms with van der Waals surface area (Å²) in [5.74, 6) is -3.56. The Balaban J connectivity index is 2.16. The van der Waals surface area contributed by atoms with E-state index in [9.17, 15) is 22.8 Å². The fourth-order valence-electron chi connectivity index (χ4n) is 2.76. The summed E-state index contributed by atoms with van der Waals surface area (Å²) in [4.78, 5) is 25.9. The third kappa shape index (κ3) is 5.17. The van der Waals surface area contributed by atoms with Gasteiger partial charge in [0.1, 0.15) is 5.75 Å². The number of nitrogens with two attached hydrogens (primary N) is 1. The number of alkyl halides is 3. The van der Waals surface area contributed by atoms with E-state index in [-0.39, 0.29) is 22.3 Å². The van der Waals surface area contributed by atoms with Gasteiger partial charge in [0.25, 0.3) is 0 Å². The number of nitrogens with zero attached hydrogens (tertiary/aromatic N) is 1. The van der Waals surface area contributed by atoms with Crippen molar-refractivity contribution in [3.8, 4) is 5.75 Å². The summed E-state index contributed by atoms with van der Waals surface area (Å²) in [6.45, 7) is 2.61. The number of ketones is 1. The summed E-state index contributed by atoms with van der Waals surface area (Å²) in [5.41, 5.74) is 5.43. The molecule has 0 spiro atoms. The summed E-state index contributed by atoms with van der Waals surface area (Å²) in [7, 11) is 0. The number of carbonyl (C=O) groups excluding carboxylic acids is 2. The minimum absolute atomic E-state index is 0.0688. The highest BCUT2D eigenvalue weighted by Gasteiger charge is 2.42. The number of hydrogen-bond donors (Lipinski definition) is 1. The highest BCUT2D eigenvalue weighted by molar-refractivity contribution is 6.31. The number of benzene rings is 1. The van der Waals surface area contributed by atoms with Crippen LogP contribution in [0.3, 0.4) is 0 Å². The topological polar surface area (TPSA) is 72.6 Å². The lowest BCUT2D eigenvalue weighted by molar-refractivity contribution is -0.189. The van der Waals surface area contributed by atoms with Crippen LogP contribution in [0.15, 0.2) is 18.2 Å². The predicted molar refractivity (Wildman–Crippen MR) is 85.7 cm³/mol. The van der Waals surface area contributed by atoms with Gasteiger partial charge in [0.2, 0.25) is 0 Å². The Hall–Kier alpha value is -1.64. The first-order valence-corrected chi connectivity index (χ1v) is 8.15. The van der Waals surface area contributed by atoms with Crippen LogP contribution in [0.5, 0.6) is 5.75 Å². The van der Waals surface area contributed by atoms with Crippen molar-refractivity contribution in [1.82, 2.24) is 4.90 Å². The molecule has 1 aromatic rings. The molecule has 25 heavy (non-hydrogen) atoms. The molecule has 0 atom stereocenters. The van der Waals surface area contributed by atoms with Gasteiger partial charge in [-0.05, 0) is 38.1 Å². The Labute approximate surface area is 147 Å². The molecule has 1 fully saturated rings. The van der Waals surface area contributed by atoms with E-state index in [2.05, 4.69) is 9.64 Å². The van der Waals surface area contributed by atoms with Gasteiger partial charge in [0.15, 0.2) is 5.78 Å². The van der Waals surface area contributed by atoms with Crippen molar-refractivity contribution < 1.29 is 27.5 Å². The van der Waals surface area contributed by atoms with Gasteiger partial charge >= 0.3 is 12.1 Å². The maximum Gasteiger partial charge on any atom is 0.491 e. The number of carbonyl (C=O) groups is 2. The fourth-order valence-corrected chi connectivity index (χ4v) is 2.93. The second-order valence-corrected chi connectivity index (χ2v) is 6.23. The highest BCUT2D eigenvalue weighted by atomic mass is 35.5. The Morgan fingerprint density at radius 3 is 2.48 bits per heavy atom. The Morgan fingerprint density at radius 2 is 1.92 bits per heavy atom. The van der Waals surface area contributed by atoms with E-state index < -0.39 is 17.9 Å². The van der Waals surface area contributed by atoms with Crippen molar-refractivity contribution in [3.63, 3.8) is 0 Å². The zero-order valence-corrected chi connectivity index (χ0v) is 14.1. The van der Waals surface area contributed by atoms with Crippen molar-refractivity contribution in [2.24, 2.45) is 11.7 Å². The third-order valence-corrected chi connectivity index (χ3v) is 4.28. The molecule has 2 N–H and O–H groups in total. The fraction of sp³-hybridized carbons (Fsp3) is 0.500. The third-order valence-electron chi connectivity index (χ3n) is 4.05. The number of rotatable bonds is 5. The van der Waals surface area contributed by atoms with E-state index in [1.807, 2.05) is 0 Å². The minimum atomic E-state index is -5.16. The summed E-state index contributed by atoms with van der Waals surface area (Å²) in [5, 5.41) is 0.0688. The molecular weight excluding hydrogens is 361 g/mol. The van der Waals surface area contributed by atoms with Crippen molar-refractivity contribution in [1.29, 1.82) is 0 Å². The summed E-state index contributed by atoms with van der Waals surface area (Å²) in [6.07, 6.45) is -4.03. The molecule has 1 saturated heterocycles. The minimum Gasteiger partial charge on any atom is -0.419 e. The number of hydrogen-bond acceptors (Lipinski definition) is 5. The highest BCUT2D eigenvalue weighted by Crippen LogP contribution is 2.31. The van der Waals surface area contributed by atoms with Crippen LogP contribution in [0.4, 0.5) is 13.2 Å². The van der Waals surface area contributed by atoms with Crippen LogP contribution < -0.4 is 10.5 Å². The van der Waals surface area contributed by atoms with Gasteiger partial charge in [-0.3, -0.25) is 4.79 Å². The maximum atomic E-state index is 12.7. The molecule has 0 saturated carbocycles. The maximum absolute atomic E-state index is 12.7. The second-order valence-electron chi connectivity index (χ2n) is 5.80. The largest absolute Gasteiger partial charge is 0.491 e. The molecule has 0 aliphatic carbocycles. The second kappa shape index (κ2) is 8.16. The van der Waals surface area contributed by atoms with E-state index in [1.165, 1.54) is 12.1 Å². The lowest BCUT2D eigenvalue weighted by atomic mass is 9.88. The molecule has 1 aliphatic heterocycles. The predicted octanol–water partition coefficient (Wildman–Crippen LogP) is 2.66. The standard InChI is InChI=1S/C16H18ClF3N2O3/c17-11-1-2-12(13(9-11)25-15(24)16(18,19)20)14(23)10-3-6-22(7-4-10)8-5-21/h1-2,9-10H,3-8,21H2. The number of halogens is 4. The molecule has 5 nitrogen and oxygen atoms in total. The van der Waals surface area contributed by atoms with Crippen LogP contribution >= 0.6 is 11.6 Å². The van der Waals surface area contributed by atoms with Gasteiger partial charge in [0, 0.05) is 30.1 Å². The van der Waals surface area contributed by atoms with Gasteiger partial charge in [-0.15, -0.1) is 0 Å². The van der Waals surface area contributed by atoms with E-state index in [4.69, 9.17) is 17.3 Å². The zero-order valence-electron chi connectivity index (χ0n) is 13.3. The van der Waals surface area contributed by atoms with E-state index in [0.717, 1.165) is 12.6 Å². The molecule has 0 bridgehead atoms. The van der Waals surface area contributed by atoms with Crippen molar-refractivity contribution in [2.75, 3.05) is 26.2 Å². The first-order valence-electron chi connectivity index (χ1n) is 7.77. The normalized spacial score (nSPS) is 16.7. The molecule has 138 valence electrons. The molecule has 0 aromatic heterocycles. The number of ether oxygens (including phenoxy) is 1. The monoisotopic (exact) mass is 378 g/mol. The van der Waals surface area contributed by atoms with E-state index in [1.54, 1.807) is 0 Å². The average molecular weight is 379 g/mol. The van der Waals surface area contributed by atoms with Crippen molar-refractivity contribution >= 4 is 23.4 Å². The summed E-state index contributed by atoms with van der Waals surface area (Å²) in [6, 6.07) is 3.71. The van der Waals surface area contributed by atoms with E-state index in [0.29, 0.717) is 32.5 Å². The molecule has 0 amide bonds. The number of piperidine rings is 1. The van der Waals surface area contributed by atoms with Crippen molar-refractivity contribution in [3.05, 3.63) is 28.8 Å². The van der Waals surface area contributed by atoms with Crippen molar-refractivity contribution in [2.45, 2.75) is 19.0 Å². The van der Waals surface area contributed by atoms with Gasteiger partial charge in [0.05, 0.1) is 5.56 Å². The molecule has 9 heteroatoms. The first kappa shape index (κ1) is 19.7. The number of likely N-dealkylation sites (tertiary alicyclic amines) is 1. The quantitative estimate of drug-likeness (QED) is 0.484. The Kier molecular flexibility index (Phi) is 6.42. The Morgan fingerprint density at radius 1 is 1.28 bits per heavy atom. The van der Waals surface area contributed by atoms with E-state index >= 15 is 0 Å². The van der Waals surface area contributed by atoms with Crippen LogP contribution in [0, 0.1) is 5.92 Å². The average Bonchev–Trinajstić information content (AvgIpc) is 2.54. The smallest absolute Gasteiger partial charge is 0.419 e. The number of Topliss-reactive ketones (excluding diaryl/α,β-unsaturated/α-hetero) is 1. The van der Waals surface area contributed by atoms with Gasteiger partial charge in [-0.2, -0.15) is 13.2 Å². The molecule has 0 radical (unpaired) electrons. The van der Waals surface area contributed by atoms with Crippen LogP contribution in [-0.4, -0.2) is 49.0 Å². The number of esters is 1. The zero-order chi connectivity index (χ0) is 18.6. The molecule has 1 heterocycles. The molecule has 1 aromatic carbocycles. The summed E-state index contributed by atoms with van der Waals surface area (Å²) >= 11 is 5.76. The summed E-state index contributed by atoms with van der Waals surface area (Å²) < 4.78 is 41.7. The molecule has 1 aliphatic rings. The first-order chi connectivity index (χ1) is 11.7. The molecule has 2 rings (SSSR count). The SMILES string of the molecule is NCCN1CCC(C(=O)c2ccc(Cl)cc2OC(=O)C(F)(F)F)CC1. The lowest BCUT2D eigenvalue weighted by Gasteiger charge is -2.31. The molecular formula is C16H18ClF3N2O3. The van der Waals surface area contributed by atoms with Crippen LogP contribution in [-0.2, 0) is 4.79 Å². The Bertz CT molecular complexity index is 644. The van der Waals surface area contributed by atoms with Crippen LogP contribution in [0.25, 0.3) is 0 Å². The van der Waals surface area contributed by atoms with Crippen LogP contribution in [0.1, 0.15) is 23.2 Å². The van der Waals surface area contributed by atoms with Gasteiger partial charge < -0.3 is 15.4 Å². The molecule has 0 unspecified atom stereocenters. The van der Waals surface area contributed by atoms with Gasteiger partial charge in [-0.25, -0.2) is 4.79 Å².